The molecular weight excluding hydrogens is 294 g/mol. The Morgan fingerprint density at radius 2 is 1.00 bits per heavy atom. The number of aromatic nitrogens is 3. The Kier molecular flexibility index (Phi) is 2.79. The fraction of sp³-hybridized carbons (Fsp3) is 0. The van der Waals surface area contributed by atoms with E-state index in [2.05, 4.69) is 81.7 Å². The van der Waals surface area contributed by atoms with Crippen LogP contribution in [0.25, 0.3) is 43.7 Å². The molecule has 1 heterocycles. The number of hydrogen-bond donors (Lipinski definition) is 0. The highest BCUT2D eigenvalue weighted by Crippen LogP contribution is 2.38. The van der Waals surface area contributed by atoms with Crippen LogP contribution in [0, 0.1) is 0 Å². The van der Waals surface area contributed by atoms with Crippen molar-refractivity contribution in [2.75, 3.05) is 0 Å². The van der Waals surface area contributed by atoms with Gasteiger partial charge in [0.05, 0.1) is 0 Å². The minimum absolute atomic E-state index is 0.705. The monoisotopic (exact) mass is 307 g/mol. The van der Waals surface area contributed by atoms with Gasteiger partial charge in [-0.15, -0.1) is 0 Å². The number of fused-ring (bicyclic) bond motifs is 6. The number of benzene rings is 4. The van der Waals surface area contributed by atoms with Gasteiger partial charge in [0, 0.05) is 10.9 Å². The van der Waals surface area contributed by atoms with E-state index in [1.165, 1.54) is 32.3 Å². The molecule has 0 saturated carbocycles. The van der Waals surface area contributed by atoms with Gasteiger partial charge in [0.1, 0.15) is 12.7 Å². The van der Waals surface area contributed by atoms with Gasteiger partial charge in [0.15, 0.2) is 5.82 Å². The standard InChI is InChI=1S/C21H13N3/c1-2-7-16-14(6-1)15-8-3-4-9-17(15)20-18(16)10-5-11-19(20)21-23-12-22-13-24-21/h1-13H. The highest BCUT2D eigenvalue weighted by Gasteiger charge is 2.13. The molecule has 0 radical (unpaired) electrons. The number of nitrogens with zero attached hydrogens (tertiary/aromatic N) is 3. The molecule has 0 amide bonds. The van der Waals surface area contributed by atoms with Gasteiger partial charge in [-0.2, -0.15) is 0 Å². The summed E-state index contributed by atoms with van der Waals surface area (Å²) in [5.74, 6) is 0.705. The van der Waals surface area contributed by atoms with Crippen molar-refractivity contribution in [3.63, 3.8) is 0 Å². The SMILES string of the molecule is c1ccc2c(c1)c1ccccc1c1c(-c3ncncn3)cccc21. The summed E-state index contributed by atoms with van der Waals surface area (Å²) in [4.78, 5) is 12.7. The van der Waals surface area contributed by atoms with Crippen molar-refractivity contribution < 1.29 is 0 Å². The maximum Gasteiger partial charge on any atom is 0.163 e. The summed E-state index contributed by atoms with van der Waals surface area (Å²) in [6.45, 7) is 0. The minimum Gasteiger partial charge on any atom is -0.225 e. The van der Waals surface area contributed by atoms with Gasteiger partial charge in [-0.25, -0.2) is 15.0 Å². The van der Waals surface area contributed by atoms with Crippen LogP contribution in [0.15, 0.2) is 79.4 Å². The smallest absolute Gasteiger partial charge is 0.163 e. The van der Waals surface area contributed by atoms with Crippen LogP contribution in [0.5, 0.6) is 0 Å². The first-order valence-electron chi connectivity index (χ1n) is 7.88. The summed E-state index contributed by atoms with van der Waals surface area (Å²) in [6.07, 6.45) is 3.09. The fourth-order valence-corrected chi connectivity index (χ4v) is 3.52. The largest absolute Gasteiger partial charge is 0.225 e. The molecule has 4 aromatic carbocycles. The molecule has 0 aliphatic carbocycles. The Bertz CT molecular complexity index is 1150. The van der Waals surface area contributed by atoms with Gasteiger partial charge in [-0.3, -0.25) is 0 Å². The third-order valence-electron chi connectivity index (χ3n) is 4.50. The lowest BCUT2D eigenvalue weighted by Crippen LogP contribution is -1.92. The molecule has 3 nitrogen and oxygen atoms in total. The Morgan fingerprint density at radius 3 is 1.62 bits per heavy atom. The molecule has 24 heavy (non-hydrogen) atoms. The molecule has 0 bridgehead atoms. The summed E-state index contributed by atoms with van der Waals surface area (Å²) in [5.41, 5.74) is 1.04. The predicted molar refractivity (Wildman–Crippen MR) is 97.8 cm³/mol. The third kappa shape index (κ3) is 1.82. The van der Waals surface area contributed by atoms with Gasteiger partial charge >= 0.3 is 0 Å². The highest BCUT2D eigenvalue weighted by atomic mass is 15.0. The van der Waals surface area contributed by atoms with E-state index in [-0.39, 0.29) is 0 Å². The van der Waals surface area contributed by atoms with Crippen molar-refractivity contribution in [2.45, 2.75) is 0 Å². The van der Waals surface area contributed by atoms with Gasteiger partial charge in [0.2, 0.25) is 0 Å². The second-order valence-corrected chi connectivity index (χ2v) is 5.78. The van der Waals surface area contributed by atoms with Crippen LogP contribution >= 0.6 is 0 Å². The Balaban J connectivity index is 2.09. The van der Waals surface area contributed by atoms with Crippen LogP contribution in [0.3, 0.4) is 0 Å². The molecule has 0 atom stereocenters. The molecule has 0 saturated heterocycles. The van der Waals surface area contributed by atoms with Crippen molar-refractivity contribution >= 4 is 32.3 Å². The molecular formula is C21H13N3. The molecule has 5 aromatic rings. The topological polar surface area (TPSA) is 38.7 Å². The number of rotatable bonds is 1. The zero-order valence-electron chi connectivity index (χ0n) is 12.8. The van der Waals surface area contributed by atoms with Crippen LogP contribution in [-0.4, -0.2) is 15.0 Å². The van der Waals surface area contributed by atoms with Gasteiger partial charge in [-0.1, -0.05) is 66.7 Å². The first-order valence-corrected chi connectivity index (χ1v) is 7.88. The Labute approximate surface area is 138 Å². The summed E-state index contributed by atoms with van der Waals surface area (Å²) >= 11 is 0. The van der Waals surface area contributed by atoms with Crippen molar-refractivity contribution in [1.29, 1.82) is 0 Å². The number of hydrogen-bond acceptors (Lipinski definition) is 3. The summed E-state index contributed by atoms with van der Waals surface area (Å²) in [6, 6.07) is 23.4. The normalized spacial score (nSPS) is 11.3. The van der Waals surface area contributed by atoms with Gasteiger partial charge in [0.25, 0.3) is 0 Å². The van der Waals surface area contributed by atoms with E-state index in [1.54, 1.807) is 12.7 Å². The van der Waals surface area contributed by atoms with Crippen LogP contribution in [0.2, 0.25) is 0 Å². The van der Waals surface area contributed by atoms with Crippen molar-refractivity contribution in [2.24, 2.45) is 0 Å². The van der Waals surface area contributed by atoms with E-state index in [9.17, 15) is 0 Å². The molecule has 0 N–H and O–H groups in total. The van der Waals surface area contributed by atoms with Gasteiger partial charge < -0.3 is 0 Å². The molecule has 0 fully saturated rings. The highest BCUT2D eigenvalue weighted by molar-refractivity contribution is 6.28. The first-order chi connectivity index (χ1) is 11.9. The van der Waals surface area contributed by atoms with Crippen LogP contribution in [0.1, 0.15) is 0 Å². The summed E-state index contributed by atoms with van der Waals surface area (Å²) in [5, 5.41) is 7.42. The molecule has 0 aliphatic rings. The second-order valence-electron chi connectivity index (χ2n) is 5.78. The van der Waals surface area contributed by atoms with Crippen LogP contribution < -0.4 is 0 Å². The molecule has 5 rings (SSSR count). The summed E-state index contributed by atoms with van der Waals surface area (Å²) in [7, 11) is 0. The maximum absolute atomic E-state index is 4.36. The zero-order valence-corrected chi connectivity index (χ0v) is 12.8. The zero-order chi connectivity index (χ0) is 15.9. The minimum atomic E-state index is 0.705. The lowest BCUT2D eigenvalue weighted by molar-refractivity contribution is 1.06. The van der Waals surface area contributed by atoms with E-state index in [1.807, 2.05) is 0 Å². The fourth-order valence-electron chi connectivity index (χ4n) is 3.52. The van der Waals surface area contributed by atoms with E-state index in [4.69, 9.17) is 0 Å². The second kappa shape index (κ2) is 5.10. The van der Waals surface area contributed by atoms with Crippen molar-refractivity contribution in [1.82, 2.24) is 15.0 Å². The van der Waals surface area contributed by atoms with Crippen LogP contribution in [0.4, 0.5) is 0 Å². The molecule has 112 valence electrons. The Hall–Kier alpha value is -3.33. The van der Waals surface area contributed by atoms with Gasteiger partial charge in [-0.05, 0) is 26.9 Å². The average molecular weight is 307 g/mol. The van der Waals surface area contributed by atoms with E-state index >= 15 is 0 Å². The predicted octanol–water partition coefficient (Wildman–Crippen LogP) is 5.00. The third-order valence-corrected chi connectivity index (χ3v) is 4.50. The van der Waals surface area contributed by atoms with E-state index < -0.39 is 0 Å². The van der Waals surface area contributed by atoms with Crippen LogP contribution in [-0.2, 0) is 0 Å². The molecule has 0 unspecified atom stereocenters. The molecule has 0 spiro atoms. The van der Waals surface area contributed by atoms with E-state index in [0.717, 1.165) is 5.56 Å². The average Bonchev–Trinajstić information content (AvgIpc) is 2.68. The van der Waals surface area contributed by atoms with Crippen molar-refractivity contribution in [3.8, 4) is 11.4 Å². The lowest BCUT2D eigenvalue weighted by atomic mass is 9.91. The lowest BCUT2D eigenvalue weighted by Gasteiger charge is -2.13. The van der Waals surface area contributed by atoms with Crippen molar-refractivity contribution in [3.05, 3.63) is 79.4 Å². The molecule has 1 aromatic heterocycles. The quantitative estimate of drug-likeness (QED) is 0.409. The molecule has 3 heteroatoms. The van der Waals surface area contributed by atoms with E-state index in [0.29, 0.717) is 5.82 Å². The maximum atomic E-state index is 4.36. The summed E-state index contributed by atoms with van der Waals surface area (Å²) < 4.78 is 0. The first kappa shape index (κ1) is 13.1. The molecule has 0 aliphatic heterocycles. The Morgan fingerprint density at radius 1 is 0.500 bits per heavy atom.